The van der Waals surface area contributed by atoms with Gasteiger partial charge in [-0.3, -0.25) is 0 Å². The minimum atomic E-state index is 0.0824. The number of ether oxygens (including phenoxy) is 2. The van der Waals surface area contributed by atoms with Gasteiger partial charge in [0.15, 0.2) is 0 Å². The van der Waals surface area contributed by atoms with E-state index >= 15 is 0 Å². The number of fused-ring (bicyclic) bond motifs is 2. The Hall–Kier alpha value is -2.04. The monoisotopic (exact) mass is 384 g/mol. The number of aromatic hydroxyl groups is 2. The molecule has 2 atom stereocenters. The van der Waals surface area contributed by atoms with Crippen molar-refractivity contribution in [2.24, 2.45) is 10.8 Å². The molecule has 28 heavy (non-hydrogen) atoms. The maximum absolute atomic E-state index is 9.42. The first-order valence-electron chi connectivity index (χ1n) is 9.83. The summed E-state index contributed by atoms with van der Waals surface area (Å²) in [5, 5.41) is 18.8. The van der Waals surface area contributed by atoms with E-state index in [2.05, 4.69) is 41.5 Å². The number of benzene rings is 2. The Morgan fingerprint density at radius 2 is 1.04 bits per heavy atom. The summed E-state index contributed by atoms with van der Waals surface area (Å²) in [5.74, 6) is 0.645. The van der Waals surface area contributed by atoms with E-state index in [1.165, 1.54) is 11.1 Å². The van der Waals surface area contributed by atoms with Crippen LogP contribution in [-0.4, -0.2) is 10.2 Å². The lowest BCUT2D eigenvalue weighted by molar-refractivity contribution is -0.00794. The lowest BCUT2D eigenvalue weighted by Crippen LogP contribution is -2.17. The fourth-order valence-corrected chi connectivity index (χ4v) is 3.87. The van der Waals surface area contributed by atoms with E-state index in [1.807, 2.05) is 24.3 Å². The van der Waals surface area contributed by atoms with Crippen LogP contribution in [0.15, 0.2) is 36.4 Å². The van der Waals surface area contributed by atoms with Gasteiger partial charge in [0.05, 0.1) is 25.4 Å². The molecule has 2 heterocycles. The maximum atomic E-state index is 9.42. The molecule has 0 saturated heterocycles. The second kappa shape index (κ2) is 7.41. The zero-order valence-electron chi connectivity index (χ0n) is 17.7. The lowest BCUT2D eigenvalue weighted by Gasteiger charge is -2.26. The Bertz CT molecular complexity index is 771. The molecule has 2 aliphatic heterocycles. The van der Waals surface area contributed by atoms with Crippen LogP contribution in [0.4, 0.5) is 0 Å². The molecule has 0 aromatic heterocycles. The van der Waals surface area contributed by atoms with E-state index in [4.69, 9.17) is 9.47 Å². The molecular formula is C24H32O4. The van der Waals surface area contributed by atoms with Gasteiger partial charge < -0.3 is 19.7 Å². The van der Waals surface area contributed by atoms with Gasteiger partial charge in [0.1, 0.15) is 11.5 Å². The van der Waals surface area contributed by atoms with Crippen LogP contribution in [-0.2, 0) is 22.7 Å². The zero-order valence-corrected chi connectivity index (χ0v) is 17.7. The van der Waals surface area contributed by atoms with Crippen LogP contribution < -0.4 is 0 Å². The molecule has 4 rings (SSSR count). The molecule has 0 aliphatic carbocycles. The van der Waals surface area contributed by atoms with Crippen molar-refractivity contribution < 1.29 is 19.7 Å². The van der Waals surface area contributed by atoms with E-state index in [1.54, 1.807) is 12.1 Å². The van der Waals surface area contributed by atoms with Gasteiger partial charge in [-0.1, -0.05) is 53.7 Å². The Labute approximate surface area is 168 Å². The quantitative estimate of drug-likeness (QED) is 0.583. The van der Waals surface area contributed by atoms with Crippen molar-refractivity contribution in [3.8, 4) is 11.5 Å². The number of rotatable bonds is 0. The van der Waals surface area contributed by atoms with Gasteiger partial charge in [-0.05, 0) is 57.3 Å². The smallest absolute Gasteiger partial charge is 0.115 e. The second-order valence-electron chi connectivity index (χ2n) is 9.88. The van der Waals surface area contributed by atoms with Gasteiger partial charge >= 0.3 is 0 Å². The molecule has 4 heteroatoms. The second-order valence-corrected chi connectivity index (χ2v) is 9.88. The third kappa shape index (κ3) is 4.34. The highest BCUT2D eigenvalue weighted by Crippen LogP contribution is 2.44. The van der Waals surface area contributed by atoms with E-state index in [0.717, 1.165) is 11.1 Å². The van der Waals surface area contributed by atoms with Gasteiger partial charge in [-0.2, -0.15) is 0 Å². The predicted molar refractivity (Wildman–Crippen MR) is 110 cm³/mol. The van der Waals surface area contributed by atoms with E-state index in [9.17, 15) is 10.2 Å². The molecule has 0 radical (unpaired) electrons. The lowest BCUT2D eigenvalue weighted by atomic mass is 9.84. The third-order valence-corrected chi connectivity index (χ3v) is 5.21. The molecule has 2 unspecified atom stereocenters. The van der Waals surface area contributed by atoms with Crippen LogP contribution in [0.3, 0.4) is 0 Å². The van der Waals surface area contributed by atoms with Crippen molar-refractivity contribution in [3.05, 3.63) is 58.7 Å². The van der Waals surface area contributed by atoms with Crippen LogP contribution in [0.5, 0.6) is 11.5 Å². The standard InChI is InChI=1S/2C12H16O2/c2*1-12(2,3)11-10-6-9(13)5-4-8(10)7-14-11/h2*4-6,11,13H,7H2,1-3H3. The summed E-state index contributed by atoms with van der Waals surface area (Å²) in [5.41, 5.74) is 4.83. The van der Waals surface area contributed by atoms with E-state index in [-0.39, 0.29) is 23.0 Å². The largest absolute Gasteiger partial charge is 0.508 e. The number of phenols is 2. The molecule has 152 valence electrons. The summed E-state index contributed by atoms with van der Waals surface area (Å²) in [7, 11) is 0. The first kappa shape index (κ1) is 20.7. The Morgan fingerprint density at radius 3 is 1.36 bits per heavy atom. The molecule has 0 spiro atoms. The van der Waals surface area contributed by atoms with Crippen molar-refractivity contribution in [2.45, 2.75) is 67.0 Å². The molecule has 2 aromatic rings. The number of hydrogen-bond donors (Lipinski definition) is 2. The molecular weight excluding hydrogens is 352 g/mol. The van der Waals surface area contributed by atoms with Gasteiger partial charge in [0.2, 0.25) is 0 Å². The Morgan fingerprint density at radius 1 is 0.679 bits per heavy atom. The third-order valence-electron chi connectivity index (χ3n) is 5.21. The SMILES string of the molecule is CC(C)(C)C1OCc2ccc(O)cc21.CC(C)(C)C1OCc2ccc(O)cc21. The summed E-state index contributed by atoms with van der Waals surface area (Å²) < 4.78 is 11.5. The molecule has 2 aromatic carbocycles. The van der Waals surface area contributed by atoms with Crippen LogP contribution in [0, 0.1) is 10.8 Å². The molecule has 0 fully saturated rings. The van der Waals surface area contributed by atoms with Crippen molar-refractivity contribution in [1.29, 1.82) is 0 Å². The molecule has 0 bridgehead atoms. The molecule has 0 saturated carbocycles. The predicted octanol–water partition coefficient (Wildman–Crippen LogP) is 6.02. The Balaban J connectivity index is 0.000000161. The highest BCUT2D eigenvalue weighted by Gasteiger charge is 2.34. The minimum Gasteiger partial charge on any atom is -0.508 e. The maximum Gasteiger partial charge on any atom is 0.115 e. The van der Waals surface area contributed by atoms with Gasteiger partial charge in [-0.15, -0.1) is 0 Å². The van der Waals surface area contributed by atoms with E-state index in [0.29, 0.717) is 24.7 Å². The summed E-state index contributed by atoms with van der Waals surface area (Å²) in [4.78, 5) is 0. The van der Waals surface area contributed by atoms with Crippen molar-refractivity contribution >= 4 is 0 Å². The van der Waals surface area contributed by atoms with Crippen LogP contribution in [0.2, 0.25) is 0 Å². The molecule has 2 N–H and O–H groups in total. The normalized spacial score (nSPS) is 20.9. The summed E-state index contributed by atoms with van der Waals surface area (Å²) in [6.45, 7) is 14.2. The average Bonchev–Trinajstić information content (AvgIpc) is 3.17. The van der Waals surface area contributed by atoms with Crippen LogP contribution in [0.1, 0.15) is 76.0 Å². The van der Waals surface area contributed by atoms with Crippen LogP contribution >= 0.6 is 0 Å². The zero-order chi connectivity index (χ0) is 20.7. The van der Waals surface area contributed by atoms with E-state index < -0.39 is 0 Å². The first-order valence-corrected chi connectivity index (χ1v) is 9.83. The van der Waals surface area contributed by atoms with Gasteiger partial charge in [-0.25, -0.2) is 0 Å². The fourth-order valence-electron chi connectivity index (χ4n) is 3.87. The van der Waals surface area contributed by atoms with Crippen molar-refractivity contribution in [1.82, 2.24) is 0 Å². The average molecular weight is 385 g/mol. The minimum absolute atomic E-state index is 0.0824. The first-order chi connectivity index (χ1) is 13.0. The summed E-state index contributed by atoms with van der Waals surface area (Å²) >= 11 is 0. The summed E-state index contributed by atoms with van der Waals surface area (Å²) in [6, 6.07) is 10.9. The van der Waals surface area contributed by atoms with Crippen LogP contribution in [0.25, 0.3) is 0 Å². The van der Waals surface area contributed by atoms with Gasteiger partial charge in [0.25, 0.3) is 0 Å². The van der Waals surface area contributed by atoms with Gasteiger partial charge in [0, 0.05) is 0 Å². The molecule has 0 amide bonds. The van der Waals surface area contributed by atoms with Crippen molar-refractivity contribution in [3.63, 3.8) is 0 Å². The fraction of sp³-hybridized carbons (Fsp3) is 0.500. The molecule has 4 nitrogen and oxygen atoms in total. The number of hydrogen-bond acceptors (Lipinski definition) is 4. The molecule has 2 aliphatic rings. The Kier molecular flexibility index (Phi) is 5.48. The highest BCUT2D eigenvalue weighted by molar-refractivity contribution is 5.39. The number of phenolic OH excluding ortho intramolecular Hbond substituents is 2. The highest BCUT2D eigenvalue weighted by atomic mass is 16.5. The van der Waals surface area contributed by atoms with Crippen molar-refractivity contribution in [2.75, 3.05) is 0 Å². The summed E-state index contributed by atoms with van der Waals surface area (Å²) in [6.07, 6.45) is 0.203. The topological polar surface area (TPSA) is 58.9 Å².